The minimum Gasteiger partial charge on any atom is -0.494 e. The van der Waals surface area contributed by atoms with Crippen LogP contribution in [-0.2, 0) is 10.0 Å². The van der Waals surface area contributed by atoms with Crippen LogP contribution in [0.4, 0.5) is 5.82 Å². The lowest BCUT2D eigenvalue weighted by Gasteiger charge is -2.34. The van der Waals surface area contributed by atoms with E-state index in [-0.39, 0.29) is 4.90 Å². The third-order valence-electron chi connectivity index (χ3n) is 5.82. The van der Waals surface area contributed by atoms with Crippen molar-refractivity contribution in [3.8, 4) is 28.5 Å². The number of hydrogen-bond donors (Lipinski definition) is 0. The Morgan fingerprint density at radius 3 is 2.00 bits per heavy atom. The first kappa shape index (κ1) is 25.7. The SMILES string of the molecule is CCOc1ccc(-c2ccc(N3CCN(S(=O)(=O)c4cc(OCC)ccc4OCC)CC3)nn2)cc1. The third-order valence-corrected chi connectivity index (χ3v) is 7.74. The highest BCUT2D eigenvalue weighted by Crippen LogP contribution is 2.32. The van der Waals surface area contributed by atoms with Gasteiger partial charge in [-0.15, -0.1) is 10.2 Å². The number of rotatable bonds is 10. The van der Waals surface area contributed by atoms with Crippen molar-refractivity contribution in [2.75, 3.05) is 50.9 Å². The van der Waals surface area contributed by atoms with Gasteiger partial charge < -0.3 is 19.1 Å². The molecule has 0 unspecified atom stereocenters. The van der Waals surface area contributed by atoms with E-state index in [2.05, 4.69) is 10.2 Å². The summed E-state index contributed by atoms with van der Waals surface area (Å²) < 4.78 is 45.1. The summed E-state index contributed by atoms with van der Waals surface area (Å²) in [7, 11) is -3.76. The maximum atomic E-state index is 13.5. The van der Waals surface area contributed by atoms with Crippen LogP contribution in [0.25, 0.3) is 11.3 Å². The normalized spacial score (nSPS) is 14.5. The number of nitrogens with zero attached hydrogens (tertiary/aromatic N) is 4. The fourth-order valence-electron chi connectivity index (χ4n) is 4.05. The standard InChI is InChI=1S/C26H32N4O5S/c1-4-33-21-9-7-20(8-10-21)23-12-14-26(28-27-23)29-15-17-30(18-16-29)36(31,32)25-19-22(34-5-2)11-13-24(25)35-6-3/h7-14,19H,4-6,15-18H2,1-3H3. The molecule has 192 valence electrons. The molecule has 2 heterocycles. The number of benzene rings is 2. The van der Waals surface area contributed by atoms with Crippen LogP contribution in [0.3, 0.4) is 0 Å². The second-order valence-corrected chi connectivity index (χ2v) is 10.0. The molecular formula is C26H32N4O5S. The number of sulfonamides is 1. The Morgan fingerprint density at radius 2 is 1.39 bits per heavy atom. The molecule has 0 amide bonds. The Morgan fingerprint density at radius 1 is 0.750 bits per heavy atom. The van der Waals surface area contributed by atoms with Crippen LogP contribution >= 0.6 is 0 Å². The Labute approximate surface area is 212 Å². The molecule has 0 spiro atoms. The zero-order valence-electron chi connectivity index (χ0n) is 20.9. The Kier molecular flexibility index (Phi) is 8.27. The van der Waals surface area contributed by atoms with E-state index in [0.717, 1.165) is 22.8 Å². The van der Waals surface area contributed by atoms with E-state index in [1.807, 2.05) is 62.1 Å². The van der Waals surface area contributed by atoms with Gasteiger partial charge in [0.25, 0.3) is 0 Å². The summed E-state index contributed by atoms with van der Waals surface area (Å²) in [4.78, 5) is 2.17. The largest absolute Gasteiger partial charge is 0.494 e. The molecule has 0 atom stereocenters. The summed E-state index contributed by atoms with van der Waals surface area (Å²) in [6, 6.07) is 16.5. The summed E-state index contributed by atoms with van der Waals surface area (Å²) >= 11 is 0. The van der Waals surface area contributed by atoms with Gasteiger partial charge in [-0.2, -0.15) is 4.31 Å². The van der Waals surface area contributed by atoms with Gasteiger partial charge in [-0.3, -0.25) is 0 Å². The Hall–Kier alpha value is -3.37. The van der Waals surface area contributed by atoms with Gasteiger partial charge in [-0.05, 0) is 69.3 Å². The van der Waals surface area contributed by atoms with Crippen molar-refractivity contribution < 1.29 is 22.6 Å². The Balaban J connectivity index is 1.44. The maximum absolute atomic E-state index is 13.5. The van der Waals surface area contributed by atoms with Crippen LogP contribution in [-0.4, -0.2) is 68.9 Å². The first-order chi connectivity index (χ1) is 17.5. The van der Waals surface area contributed by atoms with E-state index in [1.54, 1.807) is 18.2 Å². The zero-order valence-corrected chi connectivity index (χ0v) is 21.7. The third kappa shape index (κ3) is 5.71. The molecule has 2 aromatic carbocycles. The van der Waals surface area contributed by atoms with E-state index in [4.69, 9.17) is 14.2 Å². The monoisotopic (exact) mass is 512 g/mol. The van der Waals surface area contributed by atoms with Crippen LogP contribution in [0, 0.1) is 0 Å². The lowest BCUT2D eigenvalue weighted by molar-refractivity contribution is 0.319. The van der Waals surface area contributed by atoms with Gasteiger partial charge in [0, 0.05) is 37.8 Å². The molecule has 4 rings (SSSR count). The summed E-state index contributed by atoms with van der Waals surface area (Å²) in [5, 5.41) is 8.77. The highest BCUT2D eigenvalue weighted by molar-refractivity contribution is 7.89. The summed E-state index contributed by atoms with van der Waals surface area (Å²) in [6.07, 6.45) is 0. The molecule has 9 nitrogen and oxygen atoms in total. The van der Waals surface area contributed by atoms with Gasteiger partial charge in [0.15, 0.2) is 5.82 Å². The molecule has 0 saturated carbocycles. The minimum absolute atomic E-state index is 0.128. The van der Waals surface area contributed by atoms with Crippen molar-refractivity contribution in [3.05, 3.63) is 54.6 Å². The average Bonchev–Trinajstić information content (AvgIpc) is 2.91. The Bertz CT molecular complexity index is 1240. The molecular weight excluding hydrogens is 480 g/mol. The molecule has 3 aromatic rings. The topological polar surface area (TPSA) is 94.1 Å². The molecule has 0 N–H and O–H groups in total. The fraction of sp³-hybridized carbons (Fsp3) is 0.385. The number of piperazine rings is 1. The van der Waals surface area contributed by atoms with Crippen molar-refractivity contribution >= 4 is 15.8 Å². The molecule has 0 aliphatic carbocycles. The molecule has 0 radical (unpaired) electrons. The van der Waals surface area contributed by atoms with E-state index < -0.39 is 10.0 Å². The van der Waals surface area contributed by atoms with E-state index in [9.17, 15) is 8.42 Å². The first-order valence-corrected chi connectivity index (χ1v) is 13.6. The molecule has 1 aromatic heterocycles. The van der Waals surface area contributed by atoms with Crippen molar-refractivity contribution in [3.63, 3.8) is 0 Å². The van der Waals surface area contributed by atoms with Gasteiger partial charge in [0.1, 0.15) is 22.1 Å². The highest BCUT2D eigenvalue weighted by atomic mass is 32.2. The van der Waals surface area contributed by atoms with Crippen LogP contribution in [0.15, 0.2) is 59.5 Å². The number of anilines is 1. The molecule has 1 fully saturated rings. The lowest BCUT2D eigenvalue weighted by Crippen LogP contribution is -2.49. The predicted molar refractivity (Wildman–Crippen MR) is 138 cm³/mol. The van der Waals surface area contributed by atoms with Gasteiger partial charge in [-0.1, -0.05) is 0 Å². The second-order valence-electron chi connectivity index (χ2n) is 8.10. The van der Waals surface area contributed by atoms with E-state index in [0.29, 0.717) is 57.5 Å². The fourth-order valence-corrected chi connectivity index (χ4v) is 5.62. The summed E-state index contributed by atoms with van der Waals surface area (Å²) in [5.74, 6) is 2.37. The number of hydrogen-bond acceptors (Lipinski definition) is 8. The van der Waals surface area contributed by atoms with Crippen LogP contribution in [0.1, 0.15) is 20.8 Å². The average molecular weight is 513 g/mol. The van der Waals surface area contributed by atoms with Crippen molar-refractivity contribution in [1.82, 2.24) is 14.5 Å². The van der Waals surface area contributed by atoms with Crippen LogP contribution < -0.4 is 19.1 Å². The number of aromatic nitrogens is 2. The summed E-state index contributed by atoms with van der Waals surface area (Å²) in [5.41, 5.74) is 1.72. The van der Waals surface area contributed by atoms with Crippen LogP contribution in [0.5, 0.6) is 17.2 Å². The molecule has 0 bridgehead atoms. The first-order valence-electron chi connectivity index (χ1n) is 12.2. The predicted octanol–water partition coefficient (Wildman–Crippen LogP) is 3.85. The van der Waals surface area contributed by atoms with E-state index in [1.165, 1.54) is 4.31 Å². The number of ether oxygens (including phenoxy) is 3. The van der Waals surface area contributed by atoms with Crippen molar-refractivity contribution in [2.45, 2.75) is 25.7 Å². The molecule has 1 saturated heterocycles. The minimum atomic E-state index is -3.76. The maximum Gasteiger partial charge on any atom is 0.247 e. The van der Waals surface area contributed by atoms with Gasteiger partial charge in [-0.25, -0.2) is 8.42 Å². The van der Waals surface area contributed by atoms with Gasteiger partial charge in [0.2, 0.25) is 10.0 Å². The quantitative estimate of drug-likeness (QED) is 0.404. The zero-order chi connectivity index (χ0) is 25.5. The van der Waals surface area contributed by atoms with Crippen LogP contribution in [0.2, 0.25) is 0 Å². The van der Waals surface area contributed by atoms with Crippen molar-refractivity contribution in [2.24, 2.45) is 0 Å². The van der Waals surface area contributed by atoms with E-state index >= 15 is 0 Å². The second kappa shape index (κ2) is 11.6. The van der Waals surface area contributed by atoms with Gasteiger partial charge >= 0.3 is 0 Å². The lowest BCUT2D eigenvalue weighted by atomic mass is 10.1. The van der Waals surface area contributed by atoms with Crippen molar-refractivity contribution in [1.29, 1.82) is 0 Å². The van der Waals surface area contributed by atoms with Gasteiger partial charge in [0.05, 0.1) is 25.5 Å². The molecule has 10 heteroatoms. The molecule has 1 aliphatic rings. The summed E-state index contributed by atoms with van der Waals surface area (Å²) in [6.45, 7) is 8.74. The molecule has 1 aliphatic heterocycles. The highest BCUT2D eigenvalue weighted by Gasteiger charge is 2.32. The smallest absolute Gasteiger partial charge is 0.247 e. The molecule has 36 heavy (non-hydrogen) atoms.